The summed E-state index contributed by atoms with van der Waals surface area (Å²) in [7, 11) is 3.36. The van der Waals surface area contributed by atoms with Crippen molar-refractivity contribution >= 4 is 11.8 Å². The second-order valence-electron chi connectivity index (χ2n) is 10.3. The Labute approximate surface area is 245 Å². The average molecular weight is 607 g/mol. The number of fused-ring (bicyclic) bond motifs is 1. The largest absolute Gasteiger partial charge is 1.00 e. The fourth-order valence-corrected chi connectivity index (χ4v) is 5.44. The first kappa shape index (κ1) is 33.0. The Morgan fingerprint density at radius 1 is 0.897 bits per heavy atom. The van der Waals surface area contributed by atoms with E-state index in [0.717, 1.165) is 54.7 Å². The van der Waals surface area contributed by atoms with E-state index in [1.54, 1.807) is 14.2 Å². The minimum atomic E-state index is -0.489. The number of hydrogen-bond donors (Lipinski definition) is 0. The number of benzene rings is 2. The first-order chi connectivity index (χ1) is 18.5. The van der Waals surface area contributed by atoms with Crippen molar-refractivity contribution in [3.05, 3.63) is 64.2 Å². The van der Waals surface area contributed by atoms with Gasteiger partial charge in [-0.05, 0) is 43.0 Å². The third-order valence-electron chi connectivity index (χ3n) is 7.58. The van der Waals surface area contributed by atoms with Crippen molar-refractivity contribution in [1.29, 1.82) is 0 Å². The second-order valence-corrected chi connectivity index (χ2v) is 10.3. The summed E-state index contributed by atoms with van der Waals surface area (Å²) in [4.78, 5) is 0. The van der Waals surface area contributed by atoms with Gasteiger partial charge < -0.3 is 26.5 Å². The van der Waals surface area contributed by atoms with Crippen molar-refractivity contribution < 1.29 is 39.8 Å². The maximum Gasteiger partial charge on any atom is 0.184 e. The first-order valence-electron chi connectivity index (χ1n) is 14.5. The SMILES string of the molecule is CCCCCC/C=C\c1c2c(cc(OC)c1OC)C(CCCCCCC)=[N+](Cc1c(F)cccc1F)CC2.[Br-]. The predicted molar refractivity (Wildman–Crippen MR) is 154 cm³/mol. The van der Waals surface area contributed by atoms with E-state index in [9.17, 15) is 8.78 Å². The number of halogens is 3. The molecule has 0 atom stereocenters. The molecule has 0 aromatic heterocycles. The van der Waals surface area contributed by atoms with Gasteiger partial charge in [-0.15, -0.1) is 0 Å². The highest BCUT2D eigenvalue weighted by Crippen LogP contribution is 2.39. The zero-order valence-electron chi connectivity index (χ0n) is 24.3. The molecule has 0 amide bonds. The number of rotatable bonds is 16. The van der Waals surface area contributed by atoms with Gasteiger partial charge in [0.05, 0.1) is 19.8 Å². The normalized spacial score (nSPS) is 13.0. The van der Waals surface area contributed by atoms with Gasteiger partial charge in [0, 0.05) is 24.0 Å². The Hall–Kier alpha value is -2.21. The zero-order valence-corrected chi connectivity index (χ0v) is 25.8. The van der Waals surface area contributed by atoms with E-state index in [1.165, 1.54) is 68.7 Å². The molecule has 2 aromatic rings. The van der Waals surface area contributed by atoms with E-state index in [4.69, 9.17) is 9.47 Å². The summed E-state index contributed by atoms with van der Waals surface area (Å²) < 4.78 is 43.1. The topological polar surface area (TPSA) is 21.5 Å². The summed E-state index contributed by atoms with van der Waals surface area (Å²) in [5.41, 5.74) is 4.70. The maximum absolute atomic E-state index is 14.6. The van der Waals surface area contributed by atoms with Crippen molar-refractivity contribution in [2.45, 2.75) is 97.4 Å². The van der Waals surface area contributed by atoms with Crippen LogP contribution in [0, 0.1) is 11.6 Å². The van der Waals surface area contributed by atoms with E-state index < -0.39 is 11.6 Å². The average Bonchev–Trinajstić information content (AvgIpc) is 2.92. The van der Waals surface area contributed by atoms with Crippen LogP contribution in [0.25, 0.3) is 6.08 Å². The van der Waals surface area contributed by atoms with Crippen LogP contribution in [0.3, 0.4) is 0 Å². The Morgan fingerprint density at radius 3 is 2.21 bits per heavy atom. The van der Waals surface area contributed by atoms with Crippen LogP contribution < -0.4 is 26.5 Å². The monoisotopic (exact) mass is 605 g/mol. The molecule has 1 aliphatic rings. The number of hydrogen-bond acceptors (Lipinski definition) is 2. The number of allylic oxidation sites excluding steroid dienone is 1. The molecule has 0 saturated heterocycles. The molecule has 6 heteroatoms. The standard InChI is InChI=1S/C33H46F2NO2.BrH/c1-5-7-9-11-13-14-17-26-25-21-22-36(24-28-29(34)18-16-19-30(28)35)31(20-15-12-10-8-6-2)27(25)23-32(37-3)33(26)38-4;/h14,16-19,23H,5-13,15,20-22,24H2,1-4H3;1H/q+1;/p-1/b17-14-;. The fourth-order valence-electron chi connectivity index (χ4n) is 5.44. The highest BCUT2D eigenvalue weighted by molar-refractivity contribution is 6.00. The molecule has 0 fully saturated rings. The van der Waals surface area contributed by atoms with Gasteiger partial charge in [-0.2, -0.15) is 0 Å². The molecule has 0 unspecified atom stereocenters. The number of ether oxygens (including phenoxy) is 2. The van der Waals surface area contributed by atoms with Gasteiger partial charge in [0.2, 0.25) is 0 Å². The minimum Gasteiger partial charge on any atom is -1.00 e. The van der Waals surface area contributed by atoms with Crippen LogP contribution >= 0.6 is 0 Å². The first-order valence-corrected chi connectivity index (χ1v) is 14.5. The third-order valence-corrected chi connectivity index (χ3v) is 7.58. The third kappa shape index (κ3) is 8.89. The molecular formula is C33H46BrF2NO2. The highest BCUT2D eigenvalue weighted by atomic mass is 79.9. The number of unbranched alkanes of at least 4 members (excludes halogenated alkanes) is 8. The molecule has 216 valence electrons. The molecule has 39 heavy (non-hydrogen) atoms. The Kier molecular flexibility index (Phi) is 14.8. The summed E-state index contributed by atoms with van der Waals surface area (Å²) in [5, 5.41) is 0. The van der Waals surface area contributed by atoms with Crippen LogP contribution in [0.2, 0.25) is 0 Å². The highest BCUT2D eigenvalue weighted by Gasteiger charge is 2.31. The Balaban J connectivity index is 0.00000533. The van der Waals surface area contributed by atoms with Crippen molar-refractivity contribution in [3.63, 3.8) is 0 Å². The molecule has 0 N–H and O–H groups in total. The molecule has 3 rings (SSSR count). The lowest BCUT2D eigenvalue weighted by Gasteiger charge is -2.24. The second kappa shape index (κ2) is 17.5. The summed E-state index contributed by atoms with van der Waals surface area (Å²) >= 11 is 0. The summed E-state index contributed by atoms with van der Waals surface area (Å²) in [6.45, 7) is 5.37. The van der Waals surface area contributed by atoms with Crippen LogP contribution in [0.15, 0.2) is 30.3 Å². The Morgan fingerprint density at radius 2 is 1.56 bits per heavy atom. The minimum absolute atomic E-state index is 0. The van der Waals surface area contributed by atoms with Crippen molar-refractivity contribution in [2.75, 3.05) is 20.8 Å². The smallest absolute Gasteiger partial charge is 0.184 e. The predicted octanol–water partition coefficient (Wildman–Crippen LogP) is 5.89. The van der Waals surface area contributed by atoms with Gasteiger partial charge in [0.25, 0.3) is 0 Å². The van der Waals surface area contributed by atoms with Gasteiger partial charge in [-0.3, -0.25) is 0 Å². The van der Waals surface area contributed by atoms with Gasteiger partial charge >= 0.3 is 0 Å². The molecule has 0 aliphatic carbocycles. The van der Waals surface area contributed by atoms with Crippen LogP contribution in [0.5, 0.6) is 11.5 Å². The lowest BCUT2D eigenvalue weighted by atomic mass is 9.88. The number of nitrogens with zero attached hydrogens (tertiary/aromatic N) is 1. The maximum atomic E-state index is 14.6. The van der Waals surface area contributed by atoms with E-state index in [-0.39, 0.29) is 29.1 Å². The van der Waals surface area contributed by atoms with Gasteiger partial charge in [0.1, 0.15) is 18.2 Å². The van der Waals surface area contributed by atoms with Gasteiger partial charge in [0.15, 0.2) is 23.8 Å². The van der Waals surface area contributed by atoms with E-state index in [0.29, 0.717) is 12.3 Å². The molecule has 0 radical (unpaired) electrons. The van der Waals surface area contributed by atoms with Gasteiger partial charge in [-0.1, -0.05) is 77.0 Å². The van der Waals surface area contributed by atoms with Crippen LogP contribution in [-0.2, 0) is 13.0 Å². The molecule has 3 nitrogen and oxygen atoms in total. The molecular weight excluding hydrogens is 560 g/mol. The molecule has 2 aromatic carbocycles. The van der Waals surface area contributed by atoms with Crippen molar-refractivity contribution in [3.8, 4) is 11.5 Å². The molecule has 0 bridgehead atoms. The van der Waals surface area contributed by atoms with Crippen LogP contribution in [-0.4, -0.2) is 31.1 Å². The number of methoxy groups -OCH3 is 2. The summed E-state index contributed by atoms with van der Waals surface area (Å²) in [6.07, 6.45) is 17.8. The van der Waals surface area contributed by atoms with E-state index >= 15 is 0 Å². The van der Waals surface area contributed by atoms with Gasteiger partial charge in [-0.25, -0.2) is 13.4 Å². The van der Waals surface area contributed by atoms with Crippen LogP contribution in [0.1, 0.15) is 107 Å². The molecule has 1 aliphatic heterocycles. The van der Waals surface area contributed by atoms with Crippen LogP contribution in [0.4, 0.5) is 8.78 Å². The molecule has 1 heterocycles. The van der Waals surface area contributed by atoms with E-state index in [1.807, 2.05) is 0 Å². The molecule has 0 spiro atoms. The lowest BCUT2D eigenvalue weighted by molar-refractivity contribution is -0.546. The molecule has 0 saturated carbocycles. The zero-order chi connectivity index (χ0) is 27.3. The van der Waals surface area contributed by atoms with E-state index in [2.05, 4.69) is 36.6 Å². The fraction of sp³-hybridized carbons (Fsp3) is 0.545. The van der Waals surface area contributed by atoms with Crippen molar-refractivity contribution in [2.24, 2.45) is 0 Å². The Bertz CT molecular complexity index is 1090. The summed E-state index contributed by atoms with van der Waals surface area (Å²) in [5.74, 6) is 0.473. The van der Waals surface area contributed by atoms with Crippen molar-refractivity contribution in [1.82, 2.24) is 0 Å². The summed E-state index contributed by atoms with van der Waals surface area (Å²) in [6, 6.07) is 6.18. The quantitative estimate of drug-likeness (QED) is 0.176. The lowest BCUT2D eigenvalue weighted by Crippen LogP contribution is -3.00.